The lowest BCUT2D eigenvalue weighted by Crippen LogP contribution is -2.53. The summed E-state index contributed by atoms with van der Waals surface area (Å²) >= 11 is 0. The largest absolute Gasteiger partial charge is 0.507 e. The molecule has 0 spiro atoms. The van der Waals surface area contributed by atoms with Crippen LogP contribution in [0.4, 0.5) is 8.78 Å². The van der Waals surface area contributed by atoms with Gasteiger partial charge in [0.2, 0.25) is 5.78 Å². The number of nitrogens with two attached hydrogens (primary N) is 1. The first-order valence-electron chi connectivity index (χ1n) is 15.0. The molecule has 11 nitrogen and oxygen atoms in total. The van der Waals surface area contributed by atoms with Gasteiger partial charge in [0.1, 0.15) is 34.5 Å². The van der Waals surface area contributed by atoms with Crippen molar-refractivity contribution < 1.29 is 57.4 Å². The number of hydrogen-bond donors (Lipinski definition) is 4. The second kappa shape index (κ2) is 12.1. The molecule has 1 saturated heterocycles. The van der Waals surface area contributed by atoms with E-state index in [-0.39, 0.29) is 46.4 Å². The summed E-state index contributed by atoms with van der Waals surface area (Å²) in [6.45, 7) is 2.37. The van der Waals surface area contributed by atoms with Crippen LogP contribution >= 0.6 is 0 Å². The Labute approximate surface area is 267 Å². The molecule has 2 aliphatic carbocycles. The summed E-state index contributed by atoms with van der Waals surface area (Å²) in [7, 11) is 1.32. The molecular weight excluding hydrogens is 620 g/mol. The van der Waals surface area contributed by atoms with E-state index in [0.29, 0.717) is 0 Å². The highest BCUT2D eigenvalue weighted by molar-refractivity contribution is 6.31. The number of carbonyl (C=O) groups excluding carboxylic acids is 3. The number of carbonyl (C=O) groups is 3. The summed E-state index contributed by atoms with van der Waals surface area (Å²) in [5, 5.41) is 34.5. The number of ketones is 3. The Bertz CT molecular complexity index is 1780. The minimum absolute atomic E-state index is 0.0151. The van der Waals surface area contributed by atoms with Gasteiger partial charge in [0.05, 0.1) is 48.7 Å². The number of Topliss-reactive ketones (excluding diaryl/α,β-unsaturated/α-hetero) is 1. The van der Waals surface area contributed by atoms with E-state index < -0.39 is 101 Å². The normalized spacial score (nSPS) is 26.7. The first-order valence-corrected chi connectivity index (χ1v) is 15.0. The molecule has 0 saturated carbocycles. The van der Waals surface area contributed by atoms with Crippen LogP contribution in [0, 0.1) is 11.6 Å². The number of benzene rings is 3. The van der Waals surface area contributed by atoms with Gasteiger partial charge in [0, 0.05) is 47.6 Å². The number of fused-ring (bicyclic) bond motifs is 3. The van der Waals surface area contributed by atoms with E-state index in [2.05, 4.69) is 0 Å². The number of methoxy groups -OCH3 is 1. The quantitative estimate of drug-likeness (QED) is 0.215. The van der Waals surface area contributed by atoms with E-state index >= 15 is 0 Å². The van der Waals surface area contributed by atoms with Crippen molar-refractivity contribution in [1.82, 2.24) is 0 Å². The van der Waals surface area contributed by atoms with Crippen molar-refractivity contribution >= 4 is 17.3 Å². The van der Waals surface area contributed by atoms with Gasteiger partial charge >= 0.3 is 0 Å². The summed E-state index contributed by atoms with van der Waals surface area (Å²) in [4.78, 5) is 40.1. The van der Waals surface area contributed by atoms with Gasteiger partial charge in [-0.3, -0.25) is 14.4 Å². The maximum Gasteiger partial charge on any atom is 0.202 e. The van der Waals surface area contributed by atoms with Crippen molar-refractivity contribution in [3.63, 3.8) is 0 Å². The van der Waals surface area contributed by atoms with Gasteiger partial charge in [-0.1, -0.05) is 18.2 Å². The summed E-state index contributed by atoms with van der Waals surface area (Å²) in [6.07, 6.45) is -4.86. The lowest BCUT2D eigenvalue weighted by Gasteiger charge is -2.43. The zero-order valence-electron chi connectivity index (χ0n) is 25.7. The first-order chi connectivity index (χ1) is 22.3. The van der Waals surface area contributed by atoms with Crippen molar-refractivity contribution in [2.24, 2.45) is 5.73 Å². The second-order valence-electron chi connectivity index (χ2n) is 12.1. The van der Waals surface area contributed by atoms with E-state index in [4.69, 9.17) is 24.7 Å². The van der Waals surface area contributed by atoms with Gasteiger partial charge in [0.15, 0.2) is 17.9 Å². The predicted molar refractivity (Wildman–Crippen MR) is 159 cm³/mol. The maximum atomic E-state index is 14.2. The molecule has 0 bridgehead atoms. The smallest absolute Gasteiger partial charge is 0.202 e. The van der Waals surface area contributed by atoms with Crippen LogP contribution in [0.25, 0.3) is 0 Å². The average molecular weight is 654 g/mol. The topological polar surface area (TPSA) is 175 Å². The Balaban J connectivity index is 1.33. The van der Waals surface area contributed by atoms with Crippen molar-refractivity contribution in [3.8, 4) is 17.2 Å². The fourth-order valence-electron chi connectivity index (χ4n) is 6.76. The fourth-order valence-corrected chi connectivity index (χ4v) is 6.76. The highest BCUT2D eigenvalue weighted by Gasteiger charge is 2.49. The number of ether oxygens (including phenoxy) is 4. The van der Waals surface area contributed by atoms with Crippen LogP contribution in [0.2, 0.25) is 0 Å². The molecule has 13 heteroatoms. The van der Waals surface area contributed by atoms with Gasteiger partial charge in [-0.25, -0.2) is 8.78 Å². The Kier molecular flexibility index (Phi) is 8.39. The SMILES string of the molecule is COc1cccc2c1C(=O)c1c(O)c3c(c(O)c1C2=O)C[C@@](O)(C(C)=O)C[C@@H]3OC1CC(N)C(OCc2c(F)cccc2F)C(C)O1. The van der Waals surface area contributed by atoms with Crippen LogP contribution < -0.4 is 10.5 Å². The van der Waals surface area contributed by atoms with Gasteiger partial charge < -0.3 is 40.0 Å². The number of phenolic OH excluding ortho intramolecular Hbond substituents is 2. The van der Waals surface area contributed by atoms with E-state index in [0.717, 1.165) is 19.1 Å². The minimum Gasteiger partial charge on any atom is -0.507 e. The summed E-state index contributed by atoms with van der Waals surface area (Å²) in [5.41, 5.74) is 2.76. The van der Waals surface area contributed by atoms with E-state index in [1.165, 1.54) is 31.4 Å². The van der Waals surface area contributed by atoms with Crippen LogP contribution in [0.3, 0.4) is 0 Å². The van der Waals surface area contributed by atoms with Gasteiger partial charge in [0.25, 0.3) is 0 Å². The molecule has 3 aromatic rings. The van der Waals surface area contributed by atoms with Gasteiger partial charge in [-0.2, -0.15) is 0 Å². The molecule has 0 amide bonds. The number of phenols is 2. The molecule has 1 aliphatic heterocycles. The highest BCUT2D eigenvalue weighted by atomic mass is 19.1. The Morgan fingerprint density at radius 2 is 1.70 bits per heavy atom. The van der Waals surface area contributed by atoms with Crippen LogP contribution in [-0.4, -0.2) is 69.9 Å². The number of aromatic hydroxyl groups is 2. The lowest BCUT2D eigenvalue weighted by molar-refractivity contribution is -0.254. The average Bonchev–Trinajstić information content (AvgIpc) is 3.01. The van der Waals surface area contributed by atoms with Crippen LogP contribution in [0.5, 0.6) is 17.2 Å². The molecule has 3 aromatic carbocycles. The molecular formula is C34H33F2NO10. The fraction of sp³-hybridized carbons (Fsp3) is 0.382. The highest BCUT2D eigenvalue weighted by Crippen LogP contribution is 2.52. The Hall–Kier alpha value is -4.27. The molecule has 3 aliphatic rings. The third-order valence-electron chi connectivity index (χ3n) is 9.24. The molecule has 0 radical (unpaired) electrons. The van der Waals surface area contributed by atoms with Crippen molar-refractivity contribution in [2.75, 3.05) is 7.11 Å². The lowest BCUT2D eigenvalue weighted by atomic mass is 9.72. The molecule has 5 N–H and O–H groups in total. The molecule has 6 atom stereocenters. The summed E-state index contributed by atoms with van der Waals surface area (Å²) < 4.78 is 51.6. The second-order valence-corrected chi connectivity index (χ2v) is 12.1. The molecule has 0 aromatic heterocycles. The van der Waals surface area contributed by atoms with Crippen LogP contribution in [0.15, 0.2) is 36.4 Å². The van der Waals surface area contributed by atoms with Gasteiger partial charge in [-0.05, 0) is 32.0 Å². The van der Waals surface area contributed by atoms with E-state index in [9.17, 15) is 38.5 Å². The minimum atomic E-state index is -2.07. The third-order valence-corrected chi connectivity index (χ3v) is 9.24. The zero-order valence-corrected chi connectivity index (χ0v) is 25.7. The van der Waals surface area contributed by atoms with Crippen LogP contribution in [0.1, 0.15) is 81.3 Å². The molecule has 1 fully saturated rings. The summed E-state index contributed by atoms with van der Waals surface area (Å²) in [5.74, 6) is -4.96. The molecule has 1 heterocycles. The zero-order chi connectivity index (χ0) is 33.9. The number of halogens is 2. The molecule has 4 unspecified atom stereocenters. The maximum absolute atomic E-state index is 14.2. The Morgan fingerprint density at radius 1 is 1.04 bits per heavy atom. The predicted octanol–water partition coefficient (Wildman–Crippen LogP) is 3.53. The van der Waals surface area contributed by atoms with E-state index in [1.807, 2.05) is 0 Å². The third kappa shape index (κ3) is 5.37. The van der Waals surface area contributed by atoms with Crippen molar-refractivity contribution in [2.45, 2.75) is 76.0 Å². The standard InChI is InChI=1S/C34H33F2NO10/c1-14-33(45-13-18-19(35)7-5-8-20(18)36)21(37)10-24(46-14)47-23-12-34(43,15(2)38)11-17-26(23)32(42)28-27(30(17)40)29(39)16-6-4-9-22(44-3)25(16)31(28)41/h4-9,14,21,23-24,33,40,42-43H,10-13,37H2,1-3H3/t14?,21?,23-,24?,33?,34-/m0/s1. The van der Waals surface area contributed by atoms with Crippen molar-refractivity contribution in [1.29, 1.82) is 0 Å². The van der Waals surface area contributed by atoms with E-state index in [1.54, 1.807) is 6.92 Å². The molecule has 47 heavy (non-hydrogen) atoms. The number of aliphatic hydroxyl groups is 1. The molecule has 6 rings (SSSR count). The van der Waals surface area contributed by atoms with Gasteiger partial charge in [-0.15, -0.1) is 0 Å². The van der Waals surface area contributed by atoms with Crippen molar-refractivity contribution in [3.05, 3.63) is 87.0 Å². The Morgan fingerprint density at radius 3 is 2.34 bits per heavy atom. The molecule has 248 valence electrons. The number of hydrogen-bond acceptors (Lipinski definition) is 11. The first kappa shape index (κ1) is 32.7. The monoisotopic (exact) mass is 653 g/mol. The van der Waals surface area contributed by atoms with Crippen LogP contribution in [-0.2, 0) is 32.0 Å². The number of rotatable bonds is 7. The summed E-state index contributed by atoms with van der Waals surface area (Å²) in [6, 6.07) is 7.08.